The van der Waals surface area contributed by atoms with Gasteiger partial charge in [0.25, 0.3) is 0 Å². The smallest absolute Gasteiger partial charge is 0.131 e. The van der Waals surface area contributed by atoms with Gasteiger partial charge in [0.15, 0.2) is 0 Å². The van der Waals surface area contributed by atoms with Crippen LogP contribution in [-0.4, -0.2) is 20.4 Å². The van der Waals surface area contributed by atoms with Crippen LogP contribution in [0, 0.1) is 0 Å². The molecule has 0 amide bonds. The molecular weight excluding hydrogens is 130 g/mol. The van der Waals surface area contributed by atoms with Crippen molar-refractivity contribution >= 4 is 16.9 Å². The Hall–Kier alpha value is -1.65. The number of nitrogens with zero attached hydrogens (tertiary/aromatic N) is 3. The standard InChI is InChI=1S/C5H5N5/c6-5-1-3-4(2-7-5)9-10-8-3/h1-2H,(H2,6,7)(H,8,9,10). The van der Waals surface area contributed by atoms with Crippen LogP contribution in [0.4, 0.5) is 5.82 Å². The van der Waals surface area contributed by atoms with Crippen LogP contribution in [0.1, 0.15) is 0 Å². The van der Waals surface area contributed by atoms with Gasteiger partial charge in [-0.25, -0.2) is 4.98 Å². The fraction of sp³-hybridized carbons (Fsp3) is 0. The number of hydrogen-bond acceptors (Lipinski definition) is 4. The van der Waals surface area contributed by atoms with Crippen LogP contribution in [0.25, 0.3) is 11.0 Å². The van der Waals surface area contributed by atoms with Gasteiger partial charge in [0.05, 0.1) is 6.20 Å². The van der Waals surface area contributed by atoms with E-state index in [0.29, 0.717) is 5.82 Å². The fourth-order valence-corrected chi connectivity index (χ4v) is 0.762. The molecular formula is C5H5N5. The number of fused-ring (bicyclic) bond motifs is 1. The van der Waals surface area contributed by atoms with E-state index in [4.69, 9.17) is 5.73 Å². The molecule has 0 aliphatic rings. The van der Waals surface area contributed by atoms with E-state index in [2.05, 4.69) is 20.4 Å². The zero-order valence-corrected chi connectivity index (χ0v) is 5.07. The molecule has 0 aromatic carbocycles. The minimum absolute atomic E-state index is 0.460. The van der Waals surface area contributed by atoms with Gasteiger partial charge in [0, 0.05) is 6.07 Å². The van der Waals surface area contributed by atoms with Gasteiger partial charge in [-0.15, -0.1) is 0 Å². The SMILES string of the molecule is Nc1cc2n[nH]nc2cn1. The van der Waals surface area contributed by atoms with Crippen molar-refractivity contribution in [2.24, 2.45) is 0 Å². The van der Waals surface area contributed by atoms with Gasteiger partial charge in [-0.3, -0.25) is 0 Å². The quantitative estimate of drug-likeness (QED) is 0.530. The van der Waals surface area contributed by atoms with Crippen molar-refractivity contribution in [1.82, 2.24) is 20.4 Å². The summed E-state index contributed by atoms with van der Waals surface area (Å²) >= 11 is 0. The van der Waals surface area contributed by atoms with E-state index >= 15 is 0 Å². The minimum atomic E-state index is 0.460. The Bertz CT molecular complexity index is 352. The average molecular weight is 135 g/mol. The number of rotatable bonds is 0. The molecule has 0 fully saturated rings. The lowest BCUT2D eigenvalue weighted by molar-refractivity contribution is 0.959. The highest BCUT2D eigenvalue weighted by molar-refractivity contribution is 5.74. The molecule has 3 N–H and O–H groups in total. The minimum Gasteiger partial charge on any atom is -0.384 e. The summed E-state index contributed by atoms with van der Waals surface area (Å²) in [6.45, 7) is 0. The third-order valence-electron chi connectivity index (χ3n) is 1.22. The summed E-state index contributed by atoms with van der Waals surface area (Å²) < 4.78 is 0. The summed E-state index contributed by atoms with van der Waals surface area (Å²) in [7, 11) is 0. The first kappa shape index (κ1) is 5.16. The van der Waals surface area contributed by atoms with Gasteiger partial charge in [-0.2, -0.15) is 15.4 Å². The molecule has 50 valence electrons. The Morgan fingerprint density at radius 2 is 2.10 bits per heavy atom. The second-order valence-corrected chi connectivity index (χ2v) is 1.92. The topological polar surface area (TPSA) is 80.5 Å². The predicted octanol–water partition coefficient (Wildman–Crippen LogP) is -0.0649. The van der Waals surface area contributed by atoms with Crippen LogP contribution in [-0.2, 0) is 0 Å². The Kier molecular flexibility index (Phi) is 0.858. The summed E-state index contributed by atoms with van der Waals surface area (Å²) in [6.07, 6.45) is 1.58. The van der Waals surface area contributed by atoms with Crippen LogP contribution in [0.15, 0.2) is 12.3 Å². The number of anilines is 1. The summed E-state index contributed by atoms with van der Waals surface area (Å²) in [4.78, 5) is 3.83. The molecule has 2 aromatic rings. The Morgan fingerprint density at radius 1 is 1.30 bits per heavy atom. The van der Waals surface area contributed by atoms with E-state index < -0.39 is 0 Å². The molecule has 0 spiro atoms. The van der Waals surface area contributed by atoms with E-state index in [1.54, 1.807) is 12.3 Å². The van der Waals surface area contributed by atoms with Crippen molar-refractivity contribution in [3.63, 3.8) is 0 Å². The number of H-pyrrole nitrogens is 1. The van der Waals surface area contributed by atoms with Crippen molar-refractivity contribution in [2.45, 2.75) is 0 Å². The van der Waals surface area contributed by atoms with E-state index in [9.17, 15) is 0 Å². The number of aromatic nitrogens is 4. The highest BCUT2D eigenvalue weighted by atomic mass is 15.3. The van der Waals surface area contributed by atoms with Crippen molar-refractivity contribution in [2.75, 3.05) is 5.73 Å². The lowest BCUT2D eigenvalue weighted by Gasteiger charge is -1.86. The van der Waals surface area contributed by atoms with E-state index in [-0.39, 0.29) is 0 Å². The molecule has 0 bridgehead atoms. The largest absolute Gasteiger partial charge is 0.384 e. The van der Waals surface area contributed by atoms with Gasteiger partial charge >= 0.3 is 0 Å². The molecule has 2 heterocycles. The van der Waals surface area contributed by atoms with Crippen molar-refractivity contribution in [3.05, 3.63) is 12.3 Å². The van der Waals surface area contributed by atoms with Crippen molar-refractivity contribution < 1.29 is 0 Å². The number of hydrogen-bond donors (Lipinski definition) is 2. The first-order chi connectivity index (χ1) is 4.86. The van der Waals surface area contributed by atoms with Gasteiger partial charge in [0.2, 0.25) is 0 Å². The highest BCUT2D eigenvalue weighted by Gasteiger charge is 1.96. The molecule has 0 radical (unpaired) electrons. The van der Waals surface area contributed by atoms with Gasteiger partial charge in [-0.05, 0) is 0 Å². The first-order valence-electron chi connectivity index (χ1n) is 2.78. The summed E-state index contributed by atoms with van der Waals surface area (Å²) in [5.41, 5.74) is 6.86. The van der Waals surface area contributed by atoms with Gasteiger partial charge in [-0.1, -0.05) is 0 Å². The molecule has 0 aliphatic heterocycles. The number of nitrogens with two attached hydrogens (primary N) is 1. The molecule has 5 nitrogen and oxygen atoms in total. The van der Waals surface area contributed by atoms with E-state index in [0.717, 1.165) is 11.0 Å². The van der Waals surface area contributed by atoms with Crippen LogP contribution in [0.2, 0.25) is 0 Å². The van der Waals surface area contributed by atoms with Crippen molar-refractivity contribution in [3.8, 4) is 0 Å². The Balaban J connectivity index is 2.86. The maximum atomic E-state index is 5.39. The van der Waals surface area contributed by atoms with Crippen LogP contribution in [0.3, 0.4) is 0 Å². The zero-order valence-electron chi connectivity index (χ0n) is 5.07. The van der Waals surface area contributed by atoms with E-state index in [1.165, 1.54) is 0 Å². The zero-order chi connectivity index (χ0) is 6.97. The molecule has 0 aliphatic carbocycles. The van der Waals surface area contributed by atoms with E-state index in [1.807, 2.05) is 0 Å². The predicted molar refractivity (Wildman–Crippen MR) is 36.1 cm³/mol. The summed E-state index contributed by atoms with van der Waals surface area (Å²) in [6, 6.07) is 1.67. The molecule has 5 heteroatoms. The Morgan fingerprint density at radius 3 is 3.00 bits per heavy atom. The lowest BCUT2D eigenvalue weighted by atomic mass is 10.4. The van der Waals surface area contributed by atoms with Gasteiger partial charge in [0.1, 0.15) is 16.9 Å². The maximum absolute atomic E-state index is 5.39. The fourth-order valence-electron chi connectivity index (χ4n) is 0.762. The molecule has 0 saturated carbocycles. The monoisotopic (exact) mass is 135 g/mol. The van der Waals surface area contributed by atoms with Crippen LogP contribution in [0.5, 0.6) is 0 Å². The second kappa shape index (κ2) is 1.66. The molecule has 0 saturated heterocycles. The normalized spacial score (nSPS) is 10.4. The highest BCUT2D eigenvalue weighted by Crippen LogP contribution is 2.07. The van der Waals surface area contributed by atoms with Crippen molar-refractivity contribution in [1.29, 1.82) is 0 Å². The summed E-state index contributed by atoms with van der Waals surface area (Å²) in [5, 5.41) is 10.1. The molecule has 0 atom stereocenters. The summed E-state index contributed by atoms with van der Waals surface area (Å²) in [5.74, 6) is 0.460. The number of nitrogens with one attached hydrogen (secondary N) is 1. The lowest BCUT2D eigenvalue weighted by Crippen LogP contribution is -1.87. The first-order valence-corrected chi connectivity index (χ1v) is 2.78. The number of aromatic amines is 1. The average Bonchev–Trinajstić information content (AvgIpc) is 2.33. The second-order valence-electron chi connectivity index (χ2n) is 1.92. The number of pyridine rings is 1. The van der Waals surface area contributed by atoms with Gasteiger partial charge < -0.3 is 5.73 Å². The third-order valence-corrected chi connectivity index (χ3v) is 1.22. The maximum Gasteiger partial charge on any atom is 0.131 e. The van der Waals surface area contributed by atoms with Crippen LogP contribution >= 0.6 is 0 Å². The molecule has 10 heavy (non-hydrogen) atoms. The molecule has 2 aromatic heterocycles. The Labute approximate surface area is 56.3 Å². The number of nitrogen functional groups attached to an aromatic ring is 1. The third kappa shape index (κ3) is 0.604. The molecule has 0 unspecified atom stereocenters. The molecule has 2 rings (SSSR count). The van der Waals surface area contributed by atoms with Crippen LogP contribution < -0.4 is 5.73 Å².